The molecule has 1 aromatic carbocycles. The predicted molar refractivity (Wildman–Crippen MR) is 95.5 cm³/mol. The number of methoxy groups -OCH3 is 1. The van der Waals surface area contributed by atoms with Gasteiger partial charge >= 0.3 is 0 Å². The third kappa shape index (κ3) is 3.47. The summed E-state index contributed by atoms with van der Waals surface area (Å²) in [5, 5.41) is 4.81. The Labute approximate surface area is 148 Å². The van der Waals surface area contributed by atoms with Gasteiger partial charge in [0.1, 0.15) is 0 Å². The zero-order valence-electron chi connectivity index (χ0n) is 14.9. The van der Waals surface area contributed by atoms with E-state index < -0.39 is 0 Å². The molecule has 1 aromatic heterocycles. The molecule has 132 valence electrons. The van der Waals surface area contributed by atoms with Crippen molar-refractivity contribution >= 4 is 5.91 Å². The van der Waals surface area contributed by atoms with Gasteiger partial charge in [-0.2, -0.15) is 5.10 Å². The van der Waals surface area contributed by atoms with Gasteiger partial charge in [0.15, 0.2) is 0 Å². The van der Waals surface area contributed by atoms with Crippen LogP contribution < -0.4 is 0 Å². The molecule has 0 spiro atoms. The van der Waals surface area contributed by atoms with Gasteiger partial charge in [-0.1, -0.05) is 17.7 Å². The summed E-state index contributed by atoms with van der Waals surface area (Å²) in [4.78, 5) is 14.9. The summed E-state index contributed by atoms with van der Waals surface area (Å²) in [7, 11) is 1.71. The van der Waals surface area contributed by atoms with Crippen molar-refractivity contribution in [3.8, 4) is 0 Å². The molecule has 1 aliphatic carbocycles. The monoisotopic (exact) mass is 339 g/mol. The lowest BCUT2D eigenvalue weighted by atomic mass is 9.96. The van der Waals surface area contributed by atoms with Crippen molar-refractivity contribution in [1.82, 2.24) is 14.7 Å². The van der Waals surface area contributed by atoms with E-state index in [2.05, 4.69) is 10.9 Å². The third-order valence-electron chi connectivity index (χ3n) is 5.12. The number of aryl methyl sites for hydroxylation is 1. The van der Waals surface area contributed by atoms with Crippen LogP contribution >= 0.6 is 0 Å². The Bertz CT molecular complexity index is 779. The molecule has 1 amide bonds. The second kappa shape index (κ2) is 6.64. The van der Waals surface area contributed by atoms with Gasteiger partial charge < -0.3 is 9.64 Å². The number of carbonyl (C=O) groups excluding carboxylic acids is 1. The van der Waals surface area contributed by atoms with Crippen molar-refractivity contribution in [3.63, 3.8) is 0 Å². The summed E-state index contributed by atoms with van der Waals surface area (Å²) in [5.74, 6) is 1.01. The Balaban J connectivity index is 1.58. The lowest BCUT2D eigenvalue weighted by Crippen LogP contribution is -2.39. The number of amides is 1. The molecule has 5 nitrogen and oxygen atoms in total. The molecule has 2 aliphatic rings. The first-order valence-electron chi connectivity index (χ1n) is 9.05. The van der Waals surface area contributed by atoms with Gasteiger partial charge in [0.2, 0.25) is 0 Å². The summed E-state index contributed by atoms with van der Waals surface area (Å²) in [6.45, 7) is 4.89. The van der Waals surface area contributed by atoms with Gasteiger partial charge in [0, 0.05) is 50.0 Å². The van der Waals surface area contributed by atoms with Crippen molar-refractivity contribution in [3.05, 3.63) is 52.8 Å². The minimum atomic E-state index is 0.0883. The maximum atomic E-state index is 13.0. The van der Waals surface area contributed by atoms with Crippen LogP contribution in [0.4, 0.5) is 0 Å². The molecule has 1 saturated carbocycles. The van der Waals surface area contributed by atoms with Crippen LogP contribution in [-0.2, 0) is 17.8 Å². The summed E-state index contributed by atoms with van der Waals surface area (Å²) < 4.78 is 7.48. The van der Waals surface area contributed by atoms with Crippen molar-refractivity contribution < 1.29 is 9.53 Å². The van der Waals surface area contributed by atoms with Crippen LogP contribution in [0, 0.1) is 12.8 Å². The van der Waals surface area contributed by atoms with E-state index in [-0.39, 0.29) is 11.8 Å². The summed E-state index contributed by atoms with van der Waals surface area (Å²) in [5.41, 5.74) is 4.13. The number of ether oxygens (including phenoxy) is 1. The van der Waals surface area contributed by atoms with Crippen LogP contribution in [0.15, 0.2) is 30.5 Å². The maximum absolute atomic E-state index is 13.0. The molecule has 1 fully saturated rings. The summed E-state index contributed by atoms with van der Waals surface area (Å²) in [6, 6.07) is 7.81. The molecular weight excluding hydrogens is 314 g/mol. The Kier molecular flexibility index (Phi) is 4.34. The number of fused-ring (bicyclic) bond motifs is 1. The first-order valence-corrected chi connectivity index (χ1v) is 9.05. The standard InChI is InChI=1S/C20H25N3O2/c1-14-4-3-5-16(8-14)20(24)22-10-17-12-23(9-15-6-7-15)21-19(17)18(11-22)13-25-2/h3-5,8,12,15,18H,6-7,9-11,13H2,1-2H3. The van der Waals surface area contributed by atoms with Gasteiger partial charge in [-0.05, 0) is 37.8 Å². The molecule has 1 unspecified atom stereocenters. The Morgan fingerprint density at radius 3 is 2.92 bits per heavy atom. The normalized spacial score (nSPS) is 19.8. The number of benzene rings is 1. The molecule has 0 saturated heterocycles. The van der Waals surface area contributed by atoms with Crippen LogP contribution in [-0.4, -0.2) is 40.8 Å². The molecule has 5 heteroatoms. The molecule has 1 aliphatic heterocycles. The number of hydrogen-bond donors (Lipinski definition) is 0. The Morgan fingerprint density at radius 2 is 2.20 bits per heavy atom. The first kappa shape index (κ1) is 16.3. The molecule has 2 aromatic rings. The second-order valence-electron chi connectivity index (χ2n) is 7.41. The average molecular weight is 339 g/mol. The minimum Gasteiger partial charge on any atom is -0.384 e. The van der Waals surface area contributed by atoms with E-state index in [1.165, 1.54) is 12.8 Å². The van der Waals surface area contributed by atoms with Crippen molar-refractivity contribution in [2.24, 2.45) is 5.92 Å². The van der Waals surface area contributed by atoms with E-state index in [1.807, 2.05) is 36.1 Å². The quantitative estimate of drug-likeness (QED) is 0.841. The number of carbonyl (C=O) groups is 1. The Hall–Kier alpha value is -2.14. The van der Waals surface area contributed by atoms with Crippen molar-refractivity contribution in [2.45, 2.75) is 38.8 Å². The van der Waals surface area contributed by atoms with E-state index >= 15 is 0 Å². The number of nitrogens with zero attached hydrogens (tertiary/aromatic N) is 3. The zero-order valence-corrected chi connectivity index (χ0v) is 14.9. The third-order valence-corrected chi connectivity index (χ3v) is 5.12. The van der Waals surface area contributed by atoms with E-state index in [9.17, 15) is 4.79 Å². The SMILES string of the molecule is COCC1CN(C(=O)c2cccc(C)c2)Cc2cn(CC3CC3)nc21. The van der Waals surface area contributed by atoms with Crippen molar-refractivity contribution in [2.75, 3.05) is 20.3 Å². The zero-order chi connectivity index (χ0) is 17.4. The van der Waals surface area contributed by atoms with Gasteiger partial charge in [0.25, 0.3) is 5.91 Å². The Morgan fingerprint density at radius 1 is 1.36 bits per heavy atom. The van der Waals surface area contributed by atoms with Crippen LogP contribution in [0.3, 0.4) is 0 Å². The second-order valence-corrected chi connectivity index (χ2v) is 7.41. The minimum absolute atomic E-state index is 0.0883. The molecule has 4 rings (SSSR count). The number of aromatic nitrogens is 2. The fraction of sp³-hybridized carbons (Fsp3) is 0.500. The van der Waals surface area contributed by atoms with E-state index in [1.54, 1.807) is 7.11 Å². The molecule has 0 bridgehead atoms. The summed E-state index contributed by atoms with van der Waals surface area (Å²) >= 11 is 0. The lowest BCUT2D eigenvalue weighted by Gasteiger charge is -2.31. The number of rotatable bonds is 5. The van der Waals surface area contributed by atoms with E-state index in [0.29, 0.717) is 19.7 Å². The first-order chi connectivity index (χ1) is 12.1. The van der Waals surface area contributed by atoms with Gasteiger partial charge in [-0.15, -0.1) is 0 Å². The van der Waals surface area contributed by atoms with Crippen LogP contribution in [0.25, 0.3) is 0 Å². The summed E-state index contributed by atoms with van der Waals surface area (Å²) in [6.07, 6.45) is 4.75. The fourth-order valence-electron chi connectivity index (χ4n) is 3.67. The highest BCUT2D eigenvalue weighted by Crippen LogP contribution is 2.33. The molecule has 0 radical (unpaired) electrons. The van der Waals surface area contributed by atoms with Crippen molar-refractivity contribution in [1.29, 1.82) is 0 Å². The highest BCUT2D eigenvalue weighted by Gasteiger charge is 2.32. The molecule has 0 N–H and O–H groups in total. The van der Waals surface area contributed by atoms with Gasteiger partial charge in [0.05, 0.1) is 12.3 Å². The average Bonchev–Trinajstić information content (AvgIpc) is 3.31. The fourth-order valence-corrected chi connectivity index (χ4v) is 3.67. The van der Waals surface area contributed by atoms with E-state index in [0.717, 1.165) is 34.8 Å². The smallest absolute Gasteiger partial charge is 0.254 e. The van der Waals surface area contributed by atoms with Gasteiger partial charge in [-0.25, -0.2) is 0 Å². The van der Waals surface area contributed by atoms with Gasteiger partial charge in [-0.3, -0.25) is 9.48 Å². The molecular formula is C20H25N3O2. The molecule has 1 atom stereocenters. The molecule has 25 heavy (non-hydrogen) atoms. The topological polar surface area (TPSA) is 47.4 Å². The maximum Gasteiger partial charge on any atom is 0.254 e. The lowest BCUT2D eigenvalue weighted by molar-refractivity contribution is 0.0678. The molecule has 2 heterocycles. The largest absolute Gasteiger partial charge is 0.384 e. The number of hydrogen-bond acceptors (Lipinski definition) is 3. The predicted octanol–water partition coefficient (Wildman–Crippen LogP) is 2.99. The van der Waals surface area contributed by atoms with Crippen LogP contribution in [0.1, 0.15) is 45.9 Å². The van der Waals surface area contributed by atoms with Crippen LogP contribution in [0.5, 0.6) is 0 Å². The van der Waals surface area contributed by atoms with E-state index in [4.69, 9.17) is 9.84 Å². The highest BCUT2D eigenvalue weighted by molar-refractivity contribution is 5.94. The van der Waals surface area contributed by atoms with Crippen LogP contribution in [0.2, 0.25) is 0 Å². The highest BCUT2D eigenvalue weighted by atomic mass is 16.5.